The Morgan fingerprint density at radius 3 is 2.46 bits per heavy atom. The molecule has 0 aliphatic rings. The zero-order chi connectivity index (χ0) is 18.9. The summed E-state index contributed by atoms with van der Waals surface area (Å²) in [5.41, 5.74) is 7.06. The number of carbonyl (C=O) groups is 1. The van der Waals surface area contributed by atoms with Crippen LogP contribution < -0.4 is 15.2 Å². The second-order valence-corrected chi connectivity index (χ2v) is 5.56. The molecule has 5 nitrogen and oxygen atoms in total. The highest BCUT2D eigenvalue weighted by molar-refractivity contribution is 5.95. The molecule has 26 heavy (non-hydrogen) atoms. The lowest BCUT2D eigenvalue weighted by atomic mass is 10.1. The van der Waals surface area contributed by atoms with Gasteiger partial charge in [-0.3, -0.25) is 4.79 Å². The first kappa shape index (κ1) is 19.7. The van der Waals surface area contributed by atoms with Crippen LogP contribution in [0.4, 0.5) is 8.78 Å². The molecule has 1 amide bonds. The molecule has 2 aromatic carbocycles. The molecular formula is C19H22F2N2O3. The standard InChI is InChI=1S/C19H22F2N2O3/c1-25-17-13-15(7-8-16(17)26-19(20)21)18(24)23(12-10-22)11-9-14-5-3-2-4-6-14/h2-8,13,19H,9-12,22H2,1H3. The molecule has 0 atom stereocenters. The second-order valence-electron chi connectivity index (χ2n) is 5.56. The van der Waals surface area contributed by atoms with Gasteiger partial charge in [0.1, 0.15) is 0 Å². The fraction of sp³-hybridized carbons (Fsp3) is 0.316. The molecule has 2 N–H and O–H groups in total. The third-order valence-electron chi connectivity index (χ3n) is 3.83. The maximum atomic E-state index is 12.8. The minimum atomic E-state index is -2.97. The summed E-state index contributed by atoms with van der Waals surface area (Å²) in [5, 5.41) is 0. The number of amides is 1. The number of rotatable bonds is 9. The molecule has 0 fully saturated rings. The van der Waals surface area contributed by atoms with E-state index in [4.69, 9.17) is 10.5 Å². The van der Waals surface area contributed by atoms with Gasteiger partial charge in [0, 0.05) is 25.2 Å². The van der Waals surface area contributed by atoms with Crippen molar-refractivity contribution in [3.05, 3.63) is 59.7 Å². The van der Waals surface area contributed by atoms with Crippen molar-refractivity contribution >= 4 is 5.91 Å². The highest BCUT2D eigenvalue weighted by Crippen LogP contribution is 2.29. The average molecular weight is 364 g/mol. The summed E-state index contributed by atoms with van der Waals surface area (Å²) in [6.07, 6.45) is 0.691. The molecule has 0 heterocycles. The molecule has 0 aliphatic carbocycles. The predicted octanol–water partition coefficient (Wildman–Crippen LogP) is 2.94. The zero-order valence-electron chi connectivity index (χ0n) is 14.5. The van der Waals surface area contributed by atoms with Crippen LogP contribution in [0.5, 0.6) is 11.5 Å². The van der Waals surface area contributed by atoms with Gasteiger partial charge < -0.3 is 20.1 Å². The monoisotopic (exact) mass is 364 g/mol. The van der Waals surface area contributed by atoms with Crippen molar-refractivity contribution < 1.29 is 23.0 Å². The number of halogens is 2. The van der Waals surface area contributed by atoms with Crippen LogP contribution in [0.15, 0.2) is 48.5 Å². The number of methoxy groups -OCH3 is 1. The average Bonchev–Trinajstić information content (AvgIpc) is 2.65. The van der Waals surface area contributed by atoms with E-state index >= 15 is 0 Å². The number of ether oxygens (including phenoxy) is 2. The van der Waals surface area contributed by atoms with Crippen LogP contribution >= 0.6 is 0 Å². The van der Waals surface area contributed by atoms with Crippen LogP contribution in [0.2, 0.25) is 0 Å². The van der Waals surface area contributed by atoms with Crippen LogP contribution in [0.3, 0.4) is 0 Å². The van der Waals surface area contributed by atoms with Crippen molar-refractivity contribution in [2.45, 2.75) is 13.0 Å². The Morgan fingerprint density at radius 1 is 1.12 bits per heavy atom. The predicted molar refractivity (Wildman–Crippen MR) is 94.7 cm³/mol. The Bertz CT molecular complexity index is 711. The van der Waals surface area contributed by atoms with Crippen LogP contribution in [-0.4, -0.2) is 44.2 Å². The van der Waals surface area contributed by atoms with Crippen molar-refractivity contribution in [1.82, 2.24) is 4.90 Å². The van der Waals surface area contributed by atoms with Gasteiger partial charge in [0.2, 0.25) is 0 Å². The van der Waals surface area contributed by atoms with Gasteiger partial charge >= 0.3 is 6.61 Å². The summed E-state index contributed by atoms with van der Waals surface area (Å²) in [7, 11) is 1.33. The number of benzene rings is 2. The van der Waals surface area contributed by atoms with Crippen LogP contribution in [0.1, 0.15) is 15.9 Å². The third kappa shape index (κ3) is 5.42. The maximum Gasteiger partial charge on any atom is 0.387 e. The minimum absolute atomic E-state index is 0.0758. The fourth-order valence-electron chi connectivity index (χ4n) is 2.56. The Morgan fingerprint density at radius 2 is 1.85 bits per heavy atom. The first-order valence-electron chi connectivity index (χ1n) is 8.21. The number of nitrogens with two attached hydrogens (primary N) is 1. The van der Waals surface area contributed by atoms with E-state index in [2.05, 4.69) is 4.74 Å². The van der Waals surface area contributed by atoms with Gasteiger partial charge in [-0.25, -0.2) is 0 Å². The second kappa shape index (κ2) is 9.72. The summed E-state index contributed by atoms with van der Waals surface area (Å²) in [5.74, 6) is -0.283. The summed E-state index contributed by atoms with van der Waals surface area (Å²) in [6.45, 7) is -1.75. The fourth-order valence-corrected chi connectivity index (χ4v) is 2.56. The molecule has 7 heteroatoms. The Kier molecular flexibility index (Phi) is 7.35. The van der Waals surface area contributed by atoms with Crippen molar-refractivity contribution in [2.75, 3.05) is 26.7 Å². The van der Waals surface area contributed by atoms with E-state index in [1.807, 2.05) is 30.3 Å². The first-order chi connectivity index (χ1) is 12.5. The van der Waals surface area contributed by atoms with E-state index in [0.29, 0.717) is 31.6 Å². The Hall–Kier alpha value is -2.67. The topological polar surface area (TPSA) is 64.8 Å². The lowest BCUT2D eigenvalue weighted by molar-refractivity contribution is -0.0512. The van der Waals surface area contributed by atoms with Crippen molar-refractivity contribution in [3.63, 3.8) is 0 Å². The Labute approximate surface area is 151 Å². The number of alkyl halides is 2. The number of carbonyl (C=O) groups excluding carboxylic acids is 1. The first-order valence-corrected chi connectivity index (χ1v) is 8.21. The van der Waals surface area contributed by atoms with Crippen LogP contribution in [0, 0.1) is 0 Å². The van der Waals surface area contributed by atoms with Crippen molar-refractivity contribution in [1.29, 1.82) is 0 Å². The van der Waals surface area contributed by atoms with E-state index in [-0.39, 0.29) is 17.4 Å². The van der Waals surface area contributed by atoms with Gasteiger partial charge in [-0.15, -0.1) is 0 Å². The highest BCUT2D eigenvalue weighted by atomic mass is 19.3. The summed E-state index contributed by atoms with van der Waals surface area (Å²) < 4.78 is 34.3. The minimum Gasteiger partial charge on any atom is -0.493 e. The molecule has 2 rings (SSSR count). The molecule has 0 unspecified atom stereocenters. The Balaban J connectivity index is 2.14. The van der Waals surface area contributed by atoms with E-state index in [1.165, 1.54) is 25.3 Å². The highest BCUT2D eigenvalue weighted by Gasteiger charge is 2.18. The van der Waals surface area contributed by atoms with E-state index in [0.717, 1.165) is 5.56 Å². The largest absolute Gasteiger partial charge is 0.493 e. The van der Waals surface area contributed by atoms with Gasteiger partial charge in [-0.2, -0.15) is 8.78 Å². The van der Waals surface area contributed by atoms with Gasteiger partial charge in [-0.1, -0.05) is 30.3 Å². The number of hydrogen-bond donors (Lipinski definition) is 1. The smallest absolute Gasteiger partial charge is 0.387 e. The lowest BCUT2D eigenvalue weighted by Gasteiger charge is -2.22. The molecule has 0 bridgehead atoms. The lowest BCUT2D eigenvalue weighted by Crippen LogP contribution is -2.37. The maximum absolute atomic E-state index is 12.8. The third-order valence-corrected chi connectivity index (χ3v) is 3.83. The molecule has 0 spiro atoms. The quantitative estimate of drug-likeness (QED) is 0.743. The summed E-state index contributed by atoms with van der Waals surface area (Å²) in [6, 6.07) is 13.9. The van der Waals surface area contributed by atoms with Crippen LogP contribution in [-0.2, 0) is 6.42 Å². The molecular weight excluding hydrogens is 342 g/mol. The molecule has 0 radical (unpaired) electrons. The molecule has 0 saturated carbocycles. The van der Waals surface area contributed by atoms with Crippen molar-refractivity contribution in [3.8, 4) is 11.5 Å². The zero-order valence-corrected chi connectivity index (χ0v) is 14.5. The van der Waals surface area contributed by atoms with E-state index < -0.39 is 6.61 Å². The molecule has 0 saturated heterocycles. The van der Waals surface area contributed by atoms with Gasteiger partial charge in [0.15, 0.2) is 11.5 Å². The normalized spacial score (nSPS) is 10.7. The van der Waals surface area contributed by atoms with Gasteiger partial charge in [-0.05, 0) is 30.2 Å². The molecule has 0 aliphatic heterocycles. The summed E-state index contributed by atoms with van der Waals surface area (Å²) in [4.78, 5) is 14.4. The van der Waals surface area contributed by atoms with Crippen LogP contribution in [0.25, 0.3) is 0 Å². The molecule has 0 aromatic heterocycles. The molecule has 140 valence electrons. The molecule has 2 aromatic rings. The SMILES string of the molecule is COc1cc(C(=O)N(CCN)CCc2ccccc2)ccc1OC(F)F. The number of hydrogen-bond acceptors (Lipinski definition) is 4. The van der Waals surface area contributed by atoms with Gasteiger partial charge in [0.05, 0.1) is 7.11 Å². The number of nitrogens with zero attached hydrogens (tertiary/aromatic N) is 1. The van der Waals surface area contributed by atoms with E-state index in [9.17, 15) is 13.6 Å². The van der Waals surface area contributed by atoms with Crippen molar-refractivity contribution in [2.24, 2.45) is 5.73 Å². The van der Waals surface area contributed by atoms with Gasteiger partial charge in [0.25, 0.3) is 5.91 Å². The summed E-state index contributed by atoms with van der Waals surface area (Å²) >= 11 is 0. The van der Waals surface area contributed by atoms with E-state index in [1.54, 1.807) is 4.90 Å².